The summed E-state index contributed by atoms with van der Waals surface area (Å²) < 4.78 is 3.35. The number of aliphatic hydroxyl groups is 2. The lowest BCUT2D eigenvalue weighted by Gasteiger charge is -2.15. The van der Waals surface area contributed by atoms with Crippen LogP contribution in [-0.4, -0.2) is 41.6 Å². The van der Waals surface area contributed by atoms with Crippen LogP contribution in [-0.2, 0) is 6.42 Å². The van der Waals surface area contributed by atoms with Crippen molar-refractivity contribution >= 4 is 49.5 Å². The summed E-state index contributed by atoms with van der Waals surface area (Å²) >= 11 is 3.67. The number of nitrogens with zero attached hydrogens (tertiary/aromatic N) is 4. The molecule has 1 aromatic carbocycles. The summed E-state index contributed by atoms with van der Waals surface area (Å²) in [5, 5.41) is 21.8. The predicted octanol–water partition coefficient (Wildman–Crippen LogP) is 5.58. The van der Waals surface area contributed by atoms with Crippen LogP contribution in [0.2, 0.25) is 0 Å². The molecule has 9 heteroatoms. The first-order chi connectivity index (χ1) is 17.6. The van der Waals surface area contributed by atoms with Gasteiger partial charge in [0.15, 0.2) is 5.79 Å². The largest absolute Gasteiger partial charge is 0.383 e. The molecular weight excluding hydrogens is 532 g/mol. The molecule has 0 amide bonds. The number of anilines is 2. The summed E-state index contributed by atoms with van der Waals surface area (Å²) in [6.07, 6.45) is 12.1. The molecule has 5 N–H and O–H groups in total. The van der Waals surface area contributed by atoms with Crippen molar-refractivity contribution in [1.29, 1.82) is 0 Å². The van der Waals surface area contributed by atoms with Gasteiger partial charge in [0.25, 0.3) is 0 Å². The number of aromatic nitrogens is 4. The number of nitrogen functional groups attached to an aromatic ring is 1. The average molecular weight is 568 g/mol. The van der Waals surface area contributed by atoms with Gasteiger partial charge in [-0.25, -0.2) is 15.0 Å². The zero-order valence-corrected chi connectivity index (χ0v) is 22.9. The molecule has 0 saturated heterocycles. The Kier molecular flexibility index (Phi) is 7.38. The zero-order chi connectivity index (χ0) is 26.2. The predicted molar refractivity (Wildman–Crippen MR) is 151 cm³/mol. The van der Waals surface area contributed by atoms with Crippen molar-refractivity contribution in [3.8, 4) is 0 Å². The lowest BCUT2D eigenvalue weighted by molar-refractivity contribution is -0.127. The van der Waals surface area contributed by atoms with Gasteiger partial charge in [-0.2, -0.15) is 0 Å². The standard InChI is InChI=1S/C25H27BrN6.C3H8O2/c26-21-13-17-5-3-16(12-22(17)31-24(21)30-18-6-7-18)2-1-15-4-8-19(11-15)32-10-9-20-23(27)28-14-29-25(20)32;1-3(2,4)5/h3,5,9-10,12-15,18-19H,1-2,4,6-8,11H2,(H,30,31)(H2,27,28,29);4-5H,1-2H3. The smallest absolute Gasteiger partial charge is 0.156 e. The fourth-order valence-corrected chi connectivity index (χ4v) is 5.53. The molecule has 2 unspecified atom stereocenters. The van der Waals surface area contributed by atoms with Gasteiger partial charge in [0.1, 0.15) is 23.6 Å². The number of hydrogen-bond acceptors (Lipinski definition) is 7. The van der Waals surface area contributed by atoms with Crippen molar-refractivity contribution in [3.05, 3.63) is 52.9 Å². The van der Waals surface area contributed by atoms with Gasteiger partial charge in [-0.1, -0.05) is 12.1 Å². The SMILES string of the molecule is CC(C)(O)O.Nc1ncnc2c1ccn2C1CCC(CCc2ccc3cc(Br)c(NC4CC4)nc3c2)C1. The van der Waals surface area contributed by atoms with E-state index in [1.54, 1.807) is 6.33 Å². The molecule has 3 aromatic heterocycles. The molecule has 3 heterocycles. The molecule has 2 fully saturated rings. The number of rotatable bonds is 6. The Bertz CT molecular complexity index is 1390. The van der Waals surface area contributed by atoms with E-state index >= 15 is 0 Å². The summed E-state index contributed by atoms with van der Waals surface area (Å²) in [4.78, 5) is 13.5. The highest BCUT2D eigenvalue weighted by molar-refractivity contribution is 9.10. The van der Waals surface area contributed by atoms with Crippen LogP contribution in [0.5, 0.6) is 0 Å². The Hall–Kier alpha value is -2.75. The molecule has 2 aliphatic carbocycles. The van der Waals surface area contributed by atoms with E-state index in [1.165, 1.54) is 63.3 Å². The lowest BCUT2D eigenvalue weighted by Crippen LogP contribution is -2.15. The number of nitrogens with one attached hydrogen (secondary N) is 1. The highest BCUT2D eigenvalue weighted by atomic mass is 79.9. The van der Waals surface area contributed by atoms with Crippen molar-refractivity contribution in [2.75, 3.05) is 11.1 Å². The highest BCUT2D eigenvalue weighted by Crippen LogP contribution is 2.39. The summed E-state index contributed by atoms with van der Waals surface area (Å²) in [6, 6.07) is 12.0. The van der Waals surface area contributed by atoms with Gasteiger partial charge in [-0.3, -0.25) is 0 Å². The first-order valence-electron chi connectivity index (χ1n) is 13.0. The second kappa shape index (κ2) is 10.6. The zero-order valence-electron chi connectivity index (χ0n) is 21.4. The van der Waals surface area contributed by atoms with E-state index in [1.807, 2.05) is 6.07 Å². The normalized spacial score (nSPS) is 19.7. The van der Waals surface area contributed by atoms with Gasteiger partial charge < -0.3 is 25.8 Å². The van der Waals surface area contributed by atoms with E-state index in [4.69, 9.17) is 20.9 Å². The molecule has 196 valence electrons. The lowest BCUT2D eigenvalue weighted by atomic mass is 9.97. The van der Waals surface area contributed by atoms with E-state index in [0.717, 1.165) is 39.2 Å². The highest BCUT2D eigenvalue weighted by Gasteiger charge is 2.27. The van der Waals surface area contributed by atoms with Crippen LogP contribution < -0.4 is 11.1 Å². The van der Waals surface area contributed by atoms with E-state index in [9.17, 15) is 0 Å². The van der Waals surface area contributed by atoms with Crippen molar-refractivity contribution in [3.63, 3.8) is 0 Å². The molecule has 2 aliphatic rings. The molecule has 2 atom stereocenters. The average Bonchev–Trinajstić information content (AvgIpc) is 3.34. The maximum absolute atomic E-state index is 8.08. The minimum atomic E-state index is -1.50. The number of nitrogens with two attached hydrogens (primary N) is 1. The Morgan fingerprint density at radius 1 is 1.11 bits per heavy atom. The van der Waals surface area contributed by atoms with E-state index in [2.05, 4.69) is 66.2 Å². The quantitative estimate of drug-likeness (QED) is 0.225. The van der Waals surface area contributed by atoms with Gasteiger partial charge in [0, 0.05) is 23.7 Å². The fraction of sp³-hybridized carbons (Fsp3) is 0.464. The van der Waals surface area contributed by atoms with Crippen LogP contribution in [0.3, 0.4) is 0 Å². The van der Waals surface area contributed by atoms with E-state index in [0.29, 0.717) is 17.9 Å². The third-order valence-corrected chi connectivity index (χ3v) is 7.65. The summed E-state index contributed by atoms with van der Waals surface area (Å²) in [5.74, 6) is 0.771. The molecule has 0 bridgehead atoms. The Morgan fingerprint density at radius 3 is 2.65 bits per heavy atom. The van der Waals surface area contributed by atoms with E-state index in [-0.39, 0.29) is 0 Å². The van der Waals surface area contributed by atoms with Gasteiger partial charge in [0.2, 0.25) is 0 Å². The third-order valence-electron chi connectivity index (χ3n) is 7.04. The van der Waals surface area contributed by atoms with Gasteiger partial charge in [-0.05, 0) is 104 Å². The first-order valence-corrected chi connectivity index (χ1v) is 13.8. The molecule has 4 aromatic rings. The molecular formula is C28H35BrN6O2. The second-order valence-electron chi connectivity index (χ2n) is 10.8. The van der Waals surface area contributed by atoms with Crippen LogP contribution in [0.4, 0.5) is 11.6 Å². The number of hydrogen-bond donors (Lipinski definition) is 4. The maximum atomic E-state index is 8.08. The number of pyridine rings is 1. The monoisotopic (exact) mass is 566 g/mol. The Balaban J connectivity index is 0.000000514. The fourth-order valence-electron chi connectivity index (χ4n) is 5.08. The summed E-state index contributed by atoms with van der Waals surface area (Å²) in [5.41, 5.74) is 9.43. The minimum Gasteiger partial charge on any atom is -0.383 e. The molecule has 2 saturated carbocycles. The van der Waals surface area contributed by atoms with Gasteiger partial charge in [0.05, 0.1) is 15.4 Å². The maximum Gasteiger partial charge on any atom is 0.156 e. The number of fused-ring (bicyclic) bond motifs is 2. The van der Waals surface area contributed by atoms with Gasteiger partial charge >= 0.3 is 0 Å². The van der Waals surface area contributed by atoms with Crippen molar-refractivity contribution < 1.29 is 10.2 Å². The van der Waals surface area contributed by atoms with Crippen molar-refractivity contribution in [2.45, 2.75) is 76.7 Å². The molecule has 8 nitrogen and oxygen atoms in total. The van der Waals surface area contributed by atoms with Gasteiger partial charge in [-0.15, -0.1) is 0 Å². The Morgan fingerprint density at radius 2 is 1.89 bits per heavy atom. The second-order valence-corrected chi connectivity index (χ2v) is 11.7. The van der Waals surface area contributed by atoms with Crippen LogP contribution in [0.15, 0.2) is 47.3 Å². The number of aryl methyl sites for hydroxylation is 1. The van der Waals surface area contributed by atoms with Crippen molar-refractivity contribution in [1.82, 2.24) is 19.5 Å². The topological polar surface area (TPSA) is 122 Å². The minimum absolute atomic E-state index is 0.499. The number of benzene rings is 1. The van der Waals surface area contributed by atoms with Crippen LogP contribution in [0.1, 0.15) is 64.0 Å². The van der Waals surface area contributed by atoms with Crippen molar-refractivity contribution in [2.24, 2.45) is 5.92 Å². The third kappa shape index (κ3) is 6.58. The molecule has 0 aliphatic heterocycles. The molecule has 37 heavy (non-hydrogen) atoms. The van der Waals surface area contributed by atoms with Crippen LogP contribution >= 0.6 is 15.9 Å². The molecule has 6 rings (SSSR count). The van der Waals surface area contributed by atoms with Crippen LogP contribution in [0.25, 0.3) is 21.9 Å². The summed E-state index contributed by atoms with van der Waals surface area (Å²) in [6.45, 7) is 2.60. The van der Waals surface area contributed by atoms with Crippen LogP contribution in [0, 0.1) is 5.92 Å². The van der Waals surface area contributed by atoms with E-state index < -0.39 is 5.79 Å². The number of halogens is 1. The Labute approximate surface area is 225 Å². The molecule has 0 spiro atoms. The molecule has 0 radical (unpaired) electrons. The first kappa shape index (κ1) is 25.9. The summed E-state index contributed by atoms with van der Waals surface area (Å²) in [7, 11) is 0.